The second-order valence-electron chi connectivity index (χ2n) is 6.44. The first-order chi connectivity index (χ1) is 14.1. The quantitative estimate of drug-likeness (QED) is 0.524. The first-order valence-corrected chi connectivity index (χ1v) is 9.80. The van der Waals surface area contributed by atoms with Gasteiger partial charge in [-0.05, 0) is 23.8 Å². The number of carbonyl (C=O) groups excluding carboxylic acids is 1. The Morgan fingerprint density at radius 2 is 1.79 bits per heavy atom. The summed E-state index contributed by atoms with van der Waals surface area (Å²) in [6.07, 6.45) is 0.677. The van der Waals surface area contributed by atoms with Gasteiger partial charge >= 0.3 is 0 Å². The van der Waals surface area contributed by atoms with Crippen LogP contribution in [0.1, 0.15) is 21.1 Å². The van der Waals surface area contributed by atoms with Gasteiger partial charge in [-0.1, -0.05) is 41.7 Å². The predicted octanol–water partition coefficient (Wildman–Crippen LogP) is 3.89. The zero-order valence-corrected chi connectivity index (χ0v) is 17.1. The zero-order valence-electron chi connectivity index (χ0n) is 16.3. The summed E-state index contributed by atoms with van der Waals surface area (Å²) < 4.78 is 12.7. The van der Waals surface area contributed by atoms with Crippen LogP contribution < -0.4 is 14.8 Å². The van der Waals surface area contributed by atoms with Gasteiger partial charge in [-0.15, -0.1) is 10.2 Å². The lowest BCUT2D eigenvalue weighted by Gasteiger charge is -2.08. The topological polar surface area (TPSA) is 78.3 Å². The van der Waals surface area contributed by atoms with Gasteiger partial charge in [0.2, 0.25) is 5.13 Å². The van der Waals surface area contributed by atoms with Gasteiger partial charge in [0.15, 0.2) is 0 Å². The number of carbonyl (C=O) groups is 1. The van der Waals surface area contributed by atoms with Gasteiger partial charge in [-0.25, -0.2) is 0 Å². The standard InChI is InChI=1S/C21H20N4O3S/c1-25-15(12-14-16(27-2)9-10-17(28-3)19(14)25)20(26)22-21-24-23-18(29-21)11-13-7-5-4-6-8-13/h4-10,12H,11H2,1-3H3,(H,22,24,26). The van der Waals surface area contributed by atoms with Crippen LogP contribution in [0.5, 0.6) is 11.5 Å². The second-order valence-corrected chi connectivity index (χ2v) is 7.50. The average Bonchev–Trinajstić information content (AvgIpc) is 3.32. The highest BCUT2D eigenvalue weighted by molar-refractivity contribution is 7.15. The minimum absolute atomic E-state index is 0.268. The van der Waals surface area contributed by atoms with E-state index >= 15 is 0 Å². The molecule has 0 spiro atoms. The Labute approximate surface area is 171 Å². The highest BCUT2D eigenvalue weighted by Crippen LogP contribution is 2.35. The van der Waals surface area contributed by atoms with E-state index in [1.807, 2.05) is 49.5 Å². The number of anilines is 1. The number of benzene rings is 2. The summed E-state index contributed by atoms with van der Waals surface area (Å²) in [5, 5.41) is 13.2. The summed E-state index contributed by atoms with van der Waals surface area (Å²) in [4.78, 5) is 12.9. The highest BCUT2D eigenvalue weighted by atomic mass is 32.1. The number of rotatable bonds is 6. The Hall–Kier alpha value is -3.39. The number of aryl methyl sites for hydroxylation is 1. The molecule has 0 radical (unpaired) electrons. The summed E-state index contributed by atoms with van der Waals surface area (Å²) in [5.41, 5.74) is 2.41. The minimum atomic E-state index is -0.268. The molecule has 0 bridgehead atoms. The molecule has 7 nitrogen and oxygen atoms in total. The van der Waals surface area contributed by atoms with Gasteiger partial charge < -0.3 is 14.0 Å². The Bertz CT molecular complexity index is 1170. The maximum Gasteiger partial charge on any atom is 0.274 e. The largest absolute Gasteiger partial charge is 0.496 e. The lowest BCUT2D eigenvalue weighted by atomic mass is 10.2. The fourth-order valence-corrected chi connectivity index (χ4v) is 4.05. The summed E-state index contributed by atoms with van der Waals surface area (Å²) in [6.45, 7) is 0. The predicted molar refractivity (Wildman–Crippen MR) is 113 cm³/mol. The van der Waals surface area contributed by atoms with Crippen molar-refractivity contribution in [1.29, 1.82) is 0 Å². The number of methoxy groups -OCH3 is 2. The van der Waals surface area contributed by atoms with E-state index in [0.717, 1.165) is 21.5 Å². The number of nitrogens with one attached hydrogen (secondary N) is 1. The molecule has 29 heavy (non-hydrogen) atoms. The van der Waals surface area contributed by atoms with E-state index in [2.05, 4.69) is 15.5 Å². The van der Waals surface area contributed by atoms with Crippen LogP contribution in [-0.2, 0) is 13.5 Å². The smallest absolute Gasteiger partial charge is 0.274 e. The number of amides is 1. The van der Waals surface area contributed by atoms with Crippen molar-refractivity contribution in [3.63, 3.8) is 0 Å². The van der Waals surface area contributed by atoms with Crippen LogP contribution in [0.25, 0.3) is 10.9 Å². The van der Waals surface area contributed by atoms with Crippen LogP contribution in [-0.4, -0.2) is 34.9 Å². The number of nitrogens with zero attached hydrogens (tertiary/aromatic N) is 3. The number of hydrogen-bond donors (Lipinski definition) is 1. The van der Waals surface area contributed by atoms with Crippen molar-refractivity contribution in [3.05, 3.63) is 64.8 Å². The molecule has 1 N–H and O–H groups in total. The maximum absolute atomic E-state index is 12.9. The zero-order chi connectivity index (χ0) is 20.4. The molecular weight excluding hydrogens is 388 g/mol. The molecule has 2 aromatic heterocycles. The lowest BCUT2D eigenvalue weighted by molar-refractivity contribution is 0.101. The monoisotopic (exact) mass is 408 g/mol. The average molecular weight is 408 g/mol. The Morgan fingerprint density at radius 1 is 1.07 bits per heavy atom. The van der Waals surface area contributed by atoms with Gasteiger partial charge in [-0.2, -0.15) is 0 Å². The number of ether oxygens (including phenoxy) is 2. The molecule has 1 amide bonds. The van der Waals surface area contributed by atoms with E-state index in [1.54, 1.807) is 24.9 Å². The van der Waals surface area contributed by atoms with Crippen LogP contribution in [0.3, 0.4) is 0 Å². The molecule has 148 valence electrons. The van der Waals surface area contributed by atoms with E-state index in [4.69, 9.17) is 9.47 Å². The highest BCUT2D eigenvalue weighted by Gasteiger charge is 2.20. The molecular formula is C21H20N4O3S. The molecule has 0 aliphatic carbocycles. The molecule has 4 rings (SSSR count). The van der Waals surface area contributed by atoms with Crippen LogP contribution >= 0.6 is 11.3 Å². The summed E-state index contributed by atoms with van der Waals surface area (Å²) in [5.74, 6) is 1.08. The molecule has 0 unspecified atom stereocenters. The van der Waals surface area contributed by atoms with Gasteiger partial charge in [-0.3, -0.25) is 10.1 Å². The molecule has 2 heterocycles. The van der Waals surface area contributed by atoms with Crippen molar-refractivity contribution in [2.75, 3.05) is 19.5 Å². The van der Waals surface area contributed by atoms with Gasteiger partial charge in [0.05, 0.1) is 19.7 Å². The molecule has 0 atom stereocenters. The van der Waals surface area contributed by atoms with Crippen molar-refractivity contribution in [2.24, 2.45) is 7.05 Å². The van der Waals surface area contributed by atoms with Gasteiger partial charge in [0.1, 0.15) is 22.2 Å². The summed E-state index contributed by atoms with van der Waals surface area (Å²) >= 11 is 1.37. The fraction of sp³-hybridized carbons (Fsp3) is 0.190. The third kappa shape index (κ3) is 3.66. The fourth-order valence-electron chi connectivity index (χ4n) is 3.28. The minimum Gasteiger partial charge on any atom is -0.496 e. The first-order valence-electron chi connectivity index (χ1n) is 8.98. The van der Waals surface area contributed by atoms with E-state index < -0.39 is 0 Å². The van der Waals surface area contributed by atoms with Crippen LogP contribution in [0.4, 0.5) is 5.13 Å². The van der Waals surface area contributed by atoms with Crippen LogP contribution in [0.2, 0.25) is 0 Å². The molecule has 0 aliphatic rings. The number of aromatic nitrogens is 3. The van der Waals surface area contributed by atoms with Crippen molar-refractivity contribution in [2.45, 2.75) is 6.42 Å². The SMILES string of the molecule is COc1ccc(OC)c2c1cc(C(=O)Nc1nnc(Cc3ccccc3)s1)n2C. The van der Waals surface area contributed by atoms with E-state index in [-0.39, 0.29) is 5.91 Å². The summed E-state index contributed by atoms with van der Waals surface area (Å²) in [7, 11) is 5.02. The van der Waals surface area contributed by atoms with Crippen molar-refractivity contribution >= 4 is 33.3 Å². The third-order valence-corrected chi connectivity index (χ3v) is 5.51. The van der Waals surface area contributed by atoms with Gasteiger partial charge in [0, 0.05) is 18.9 Å². The van der Waals surface area contributed by atoms with Crippen molar-refractivity contribution < 1.29 is 14.3 Å². The van der Waals surface area contributed by atoms with E-state index in [1.165, 1.54) is 11.3 Å². The van der Waals surface area contributed by atoms with E-state index in [9.17, 15) is 4.79 Å². The molecule has 2 aromatic carbocycles. The molecule has 0 saturated heterocycles. The molecule has 4 aromatic rings. The molecule has 0 aliphatic heterocycles. The van der Waals surface area contributed by atoms with E-state index in [0.29, 0.717) is 28.7 Å². The van der Waals surface area contributed by atoms with Crippen molar-refractivity contribution in [3.8, 4) is 11.5 Å². The number of fused-ring (bicyclic) bond motifs is 1. The lowest BCUT2D eigenvalue weighted by Crippen LogP contribution is -2.15. The molecule has 0 fully saturated rings. The second kappa shape index (κ2) is 7.92. The van der Waals surface area contributed by atoms with Crippen LogP contribution in [0, 0.1) is 0 Å². The Kier molecular flexibility index (Phi) is 5.18. The summed E-state index contributed by atoms with van der Waals surface area (Å²) in [6, 6.07) is 15.5. The normalized spacial score (nSPS) is 10.9. The maximum atomic E-state index is 12.9. The van der Waals surface area contributed by atoms with Crippen LogP contribution in [0.15, 0.2) is 48.5 Å². The first kappa shape index (κ1) is 18.9. The van der Waals surface area contributed by atoms with Gasteiger partial charge in [0.25, 0.3) is 5.91 Å². The molecule has 8 heteroatoms. The molecule has 0 saturated carbocycles. The van der Waals surface area contributed by atoms with Crippen molar-refractivity contribution in [1.82, 2.24) is 14.8 Å². The Balaban J connectivity index is 1.59. The number of hydrogen-bond acceptors (Lipinski definition) is 6. The third-order valence-electron chi connectivity index (χ3n) is 4.68. The Morgan fingerprint density at radius 3 is 2.52 bits per heavy atom.